The molecule has 0 amide bonds. The maximum atomic E-state index is 13.5. The Bertz CT molecular complexity index is 1200. The lowest BCUT2D eigenvalue weighted by molar-refractivity contribution is 0.511. The van der Waals surface area contributed by atoms with Crippen LogP contribution in [-0.4, -0.2) is 18.4 Å². The van der Waals surface area contributed by atoms with Crippen molar-refractivity contribution in [2.45, 2.75) is 4.21 Å². The second kappa shape index (κ2) is 6.19. The molecule has 0 aliphatic heterocycles. The van der Waals surface area contributed by atoms with Crippen molar-refractivity contribution in [3.63, 3.8) is 0 Å². The van der Waals surface area contributed by atoms with Gasteiger partial charge in [0.1, 0.15) is 4.21 Å². The third-order valence-electron chi connectivity index (χ3n) is 3.73. The first-order chi connectivity index (χ1) is 12.4. The molecule has 0 saturated heterocycles. The highest BCUT2D eigenvalue weighted by Gasteiger charge is 2.20. The van der Waals surface area contributed by atoms with Gasteiger partial charge in [0.15, 0.2) is 11.6 Å². The van der Waals surface area contributed by atoms with Gasteiger partial charge < -0.3 is 4.98 Å². The smallest absolute Gasteiger partial charge is 0.271 e. The number of halogens is 2. The van der Waals surface area contributed by atoms with Gasteiger partial charge in [0, 0.05) is 23.8 Å². The molecule has 0 fully saturated rings. The molecule has 9 heteroatoms. The first-order valence-corrected chi connectivity index (χ1v) is 9.74. The highest BCUT2D eigenvalue weighted by atomic mass is 32.2. The molecule has 0 aliphatic rings. The molecular weight excluding hydrogens is 380 g/mol. The van der Waals surface area contributed by atoms with Gasteiger partial charge in [0.2, 0.25) is 0 Å². The van der Waals surface area contributed by atoms with Crippen LogP contribution in [0.5, 0.6) is 0 Å². The Hall–Kier alpha value is -2.78. The minimum absolute atomic E-state index is 0.0927. The van der Waals surface area contributed by atoms with Gasteiger partial charge in [-0.05, 0) is 30.3 Å². The lowest BCUT2D eigenvalue weighted by Gasteiger charge is -2.05. The van der Waals surface area contributed by atoms with E-state index >= 15 is 0 Å². The van der Waals surface area contributed by atoms with Gasteiger partial charge in [-0.1, -0.05) is 6.07 Å². The molecule has 0 spiro atoms. The van der Waals surface area contributed by atoms with Crippen molar-refractivity contribution >= 4 is 38.0 Å². The number of pyridine rings is 1. The quantitative estimate of drug-likeness (QED) is 0.542. The number of nitrogens with zero attached hydrogens (tertiary/aromatic N) is 1. The largest absolute Gasteiger partial charge is 0.359 e. The molecule has 26 heavy (non-hydrogen) atoms. The van der Waals surface area contributed by atoms with Gasteiger partial charge in [-0.25, -0.2) is 17.2 Å². The van der Waals surface area contributed by atoms with E-state index in [4.69, 9.17) is 0 Å². The van der Waals surface area contributed by atoms with Crippen LogP contribution in [0.1, 0.15) is 0 Å². The number of H-pyrrole nitrogens is 1. The van der Waals surface area contributed by atoms with Gasteiger partial charge in [0.25, 0.3) is 10.0 Å². The summed E-state index contributed by atoms with van der Waals surface area (Å²) < 4.78 is 54.5. The lowest BCUT2D eigenvalue weighted by Crippen LogP contribution is -2.11. The fourth-order valence-electron chi connectivity index (χ4n) is 2.51. The van der Waals surface area contributed by atoms with E-state index in [0.717, 1.165) is 23.5 Å². The number of thiophene rings is 1. The van der Waals surface area contributed by atoms with Crippen LogP contribution in [-0.2, 0) is 10.0 Å². The summed E-state index contributed by atoms with van der Waals surface area (Å²) in [6.07, 6.45) is 2.98. The summed E-state index contributed by atoms with van der Waals surface area (Å²) in [5.74, 6) is -2.06. The van der Waals surface area contributed by atoms with Crippen molar-refractivity contribution in [1.29, 1.82) is 0 Å². The van der Waals surface area contributed by atoms with E-state index in [-0.39, 0.29) is 15.3 Å². The number of anilines is 1. The highest BCUT2D eigenvalue weighted by Crippen LogP contribution is 2.32. The van der Waals surface area contributed by atoms with Crippen molar-refractivity contribution < 1.29 is 17.2 Å². The van der Waals surface area contributed by atoms with Crippen LogP contribution in [0, 0.1) is 11.6 Å². The maximum Gasteiger partial charge on any atom is 0.271 e. The predicted molar refractivity (Wildman–Crippen MR) is 96.6 cm³/mol. The zero-order chi connectivity index (χ0) is 18.3. The van der Waals surface area contributed by atoms with Crippen LogP contribution < -0.4 is 4.72 Å². The molecule has 0 aliphatic carbocycles. The Labute approximate surface area is 151 Å². The number of sulfonamides is 1. The number of nitrogens with one attached hydrogen (secondary N) is 2. The number of fused-ring (bicyclic) bond motifs is 1. The van der Waals surface area contributed by atoms with E-state index in [0.29, 0.717) is 16.1 Å². The molecule has 0 radical (unpaired) electrons. The first kappa shape index (κ1) is 16.7. The molecule has 5 nitrogen and oxygen atoms in total. The number of aromatic nitrogens is 2. The van der Waals surface area contributed by atoms with E-state index in [2.05, 4.69) is 14.7 Å². The van der Waals surface area contributed by atoms with E-state index in [1.54, 1.807) is 24.4 Å². The van der Waals surface area contributed by atoms with E-state index in [9.17, 15) is 17.2 Å². The number of hydrogen-bond donors (Lipinski definition) is 2. The minimum Gasteiger partial charge on any atom is -0.359 e. The van der Waals surface area contributed by atoms with Crippen LogP contribution in [0.2, 0.25) is 0 Å². The Morgan fingerprint density at radius 2 is 1.88 bits per heavy atom. The highest BCUT2D eigenvalue weighted by molar-refractivity contribution is 7.94. The summed E-state index contributed by atoms with van der Waals surface area (Å²) in [6.45, 7) is 0. The Morgan fingerprint density at radius 1 is 1.08 bits per heavy atom. The average molecular weight is 391 g/mol. The molecule has 0 bridgehead atoms. The second-order valence-corrected chi connectivity index (χ2v) is 8.45. The molecule has 1 aromatic carbocycles. The summed E-state index contributed by atoms with van der Waals surface area (Å²) in [7, 11) is -3.88. The topological polar surface area (TPSA) is 74.8 Å². The Balaban J connectivity index is 1.68. The number of aromatic amines is 1. The Kier molecular flexibility index (Phi) is 3.97. The third kappa shape index (κ3) is 2.95. The summed E-state index contributed by atoms with van der Waals surface area (Å²) in [4.78, 5) is 7.62. The van der Waals surface area contributed by atoms with Gasteiger partial charge in [0.05, 0.1) is 21.8 Å². The van der Waals surface area contributed by atoms with Crippen LogP contribution in [0.15, 0.2) is 59.1 Å². The number of rotatable bonds is 4. The fourth-order valence-corrected chi connectivity index (χ4v) is 4.86. The van der Waals surface area contributed by atoms with Crippen molar-refractivity contribution in [2.75, 3.05) is 4.72 Å². The minimum atomic E-state index is -3.88. The standard InChI is InChI=1S/C17H11F2N3O2S2/c18-11-7-10-14(8-12(11)19)21-9-15(10)22-26(23,24)17-5-4-16(25-17)13-3-1-2-6-20-13/h1-9,21-22H. The zero-order valence-electron chi connectivity index (χ0n) is 13.0. The molecule has 2 N–H and O–H groups in total. The molecule has 0 saturated carbocycles. The predicted octanol–water partition coefficient (Wildman–Crippen LogP) is 4.37. The van der Waals surface area contributed by atoms with Crippen molar-refractivity contribution in [3.05, 3.63) is 66.5 Å². The lowest BCUT2D eigenvalue weighted by atomic mass is 10.2. The normalized spacial score (nSPS) is 11.8. The maximum absolute atomic E-state index is 13.5. The van der Waals surface area contributed by atoms with Crippen LogP contribution in [0.4, 0.5) is 14.5 Å². The summed E-state index contributed by atoms with van der Waals surface area (Å²) >= 11 is 1.07. The molecule has 4 rings (SSSR count). The first-order valence-electron chi connectivity index (χ1n) is 7.44. The van der Waals surface area contributed by atoms with Crippen molar-refractivity contribution in [3.8, 4) is 10.6 Å². The van der Waals surface area contributed by atoms with E-state index < -0.39 is 21.7 Å². The zero-order valence-corrected chi connectivity index (χ0v) is 14.7. The summed E-state index contributed by atoms with van der Waals surface area (Å²) in [5.41, 5.74) is 1.11. The number of hydrogen-bond acceptors (Lipinski definition) is 4. The van der Waals surface area contributed by atoms with E-state index in [1.165, 1.54) is 12.3 Å². The third-order valence-corrected chi connectivity index (χ3v) is 6.70. The summed E-state index contributed by atoms with van der Waals surface area (Å²) in [5, 5.41) is 0.244. The monoisotopic (exact) mass is 391 g/mol. The van der Waals surface area contributed by atoms with Crippen molar-refractivity contribution in [2.24, 2.45) is 0 Å². The van der Waals surface area contributed by atoms with E-state index in [1.807, 2.05) is 6.07 Å². The number of benzene rings is 1. The molecule has 3 aromatic heterocycles. The van der Waals surface area contributed by atoms with Crippen molar-refractivity contribution in [1.82, 2.24) is 9.97 Å². The average Bonchev–Trinajstić information content (AvgIpc) is 3.25. The summed E-state index contributed by atoms with van der Waals surface area (Å²) in [6, 6.07) is 10.5. The second-order valence-electron chi connectivity index (χ2n) is 5.45. The van der Waals surface area contributed by atoms with Gasteiger partial charge >= 0.3 is 0 Å². The molecule has 0 unspecified atom stereocenters. The molecule has 0 atom stereocenters. The van der Waals surface area contributed by atoms with Gasteiger partial charge in [-0.3, -0.25) is 9.71 Å². The fraction of sp³-hybridized carbons (Fsp3) is 0. The molecular formula is C17H11F2N3O2S2. The SMILES string of the molecule is O=S(=O)(Nc1c[nH]c2cc(F)c(F)cc12)c1ccc(-c2ccccn2)s1. The van der Waals surface area contributed by atoms with Gasteiger partial charge in [-0.2, -0.15) is 0 Å². The van der Waals surface area contributed by atoms with Gasteiger partial charge in [-0.15, -0.1) is 11.3 Å². The Morgan fingerprint density at radius 3 is 2.65 bits per heavy atom. The van der Waals surface area contributed by atoms with Crippen LogP contribution >= 0.6 is 11.3 Å². The molecule has 4 aromatic rings. The molecule has 132 valence electrons. The molecule has 3 heterocycles. The van der Waals surface area contributed by atoms with Crippen LogP contribution in [0.25, 0.3) is 21.5 Å². The van der Waals surface area contributed by atoms with Crippen LogP contribution in [0.3, 0.4) is 0 Å².